The Hall–Kier alpha value is -2.20. The van der Waals surface area contributed by atoms with Crippen LogP contribution >= 0.6 is 12.4 Å². The molecule has 2 atom stereocenters. The minimum atomic E-state index is -3.85. The summed E-state index contributed by atoms with van der Waals surface area (Å²) >= 11 is 0. The first-order chi connectivity index (χ1) is 12.8. The molecule has 152 valence electrons. The molecule has 1 aliphatic heterocycles. The highest BCUT2D eigenvalue weighted by Gasteiger charge is 2.25. The van der Waals surface area contributed by atoms with Crippen molar-refractivity contribution in [3.63, 3.8) is 0 Å². The predicted molar refractivity (Wildman–Crippen MR) is 106 cm³/mol. The molecule has 1 aliphatic rings. The summed E-state index contributed by atoms with van der Waals surface area (Å²) in [5, 5.41) is 15.5. The first-order valence-corrected chi connectivity index (χ1v) is 9.89. The molecule has 28 heavy (non-hydrogen) atoms. The van der Waals surface area contributed by atoms with Crippen LogP contribution in [0.4, 0.5) is 10.1 Å². The van der Waals surface area contributed by atoms with Crippen molar-refractivity contribution in [2.45, 2.75) is 11.0 Å². The van der Waals surface area contributed by atoms with Crippen LogP contribution in [0, 0.1) is 11.7 Å². The van der Waals surface area contributed by atoms with E-state index in [-0.39, 0.29) is 34.8 Å². The van der Waals surface area contributed by atoms with Gasteiger partial charge in [-0.1, -0.05) is 0 Å². The molecule has 1 fully saturated rings. The van der Waals surface area contributed by atoms with Crippen LogP contribution in [-0.4, -0.2) is 45.2 Å². The average molecular weight is 430 g/mol. The highest BCUT2D eigenvalue weighted by Crippen LogP contribution is 2.17. The van der Waals surface area contributed by atoms with Crippen molar-refractivity contribution in [3.8, 4) is 0 Å². The van der Waals surface area contributed by atoms with Crippen LogP contribution in [0.2, 0.25) is 0 Å². The number of hydrogen-bond donors (Lipinski definition) is 4. The number of carbonyl (C=O) groups excluding carboxylic acids is 1. The molecule has 0 saturated carbocycles. The summed E-state index contributed by atoms with van der Waals surface area (Å²) in [4.78, 5) is 12.2. The third-order valence-corrected chi connectivity index (χ3v) is 5.75. The summed E-state index contributed by atoms with van der Waals surface area (Å²) in [7, 11) is -3.85. The van der Waals surface area contributed by atoms with E-state index < -0.39 is 21.9 Å². The quantitative estimate of drug-likeness (QED) is 0.554. The molecule has 10 heteroatoms. The van der Waals surface area contributed by atoms with Gasteiger partial charge in [-0.3, -0.25) is 9.52 Å². The van der Waals surface area contributed by atoms with Gasteiger partial charge in [-0.05, 0) is 48.5 Å². The lowest BCUT2D eigenvalue weighted by Crippen LogP contribution is -2.34. The van der Waals surface area contributed by atoms with Gasteiger partial charge >= 0.3 is 0 Å². The number of hydrogen-bond acceptors (Lipinski definition) is 5. The highest BCUT2D eigenvalue weighted by molar-refractivity contribution is 7.92. The standard InChI is InChI=1S/C18H20FN3O4S.ClH/c19-14-3-5-15(6-4-14)22-27(25,26)16-7-1-12(2-8-16)18(24)21-10-13-9-20-11-17(13)23;/h1-8,13,17,20,22-23H,9-11H2,(H,21,24);1H. The maximum atomic E-state index is 12.9. The van der Waals surface area contributed by atoms with Crippen LogP contribution in [-0.2, 0) is 10.0 Å². The molecule has 0 aromatic heterocycles. The van der Waals surface area contributed by atoms with Crippen LogP contribution in [0.25, 0.3) is 0 Å². The third kappa shape index (κ3) is 5.41. The average Bonchev–Trinajstić information content (AvgIpc) is 3.06. The van der Waals surface area contributed by atoms with E-state index in [0.717, 1.165) is 12.1 Å². The van der Waals surface area contributed by atoms with Crippen molar-refractivity contribution in [1.29, 1.82) is 0 Å². The van der Waals surface area contributed by atoms with Gasteiger partial charge in [-0.25, -0.2) is 12.8 Å². The van der Waals surface area contributed by atoms with Crippen molar-refractivity contribution in [1.82, 2.24) is 10.6 Å². The summed E-state index contributed by atoms with van der Waals surface area (Å²) in [5.74, 6) is -0.854. The summed E-state index contributed by atoms with van der Waals surface area (Å²) in [6.45, 7) is 1.47. The lowest BCUT2D eigenvalue weighted by atomic mass is 10.1. The topological polar surface area (TPSA) is 108 Å². The van der Waals surface area contributed by atoms with Crippen LogP contribution in [0.5, 0.6) is 0 Å². The van der Waals surface area contributed by atoms with Crippen molar-refractivity contribution < 1.29 is 22.7 Å². The Balaban J connectivity index is 0.00000280. The Morgan fingerprint density at radius 3 is 2.32 bits per heavy atom. The SMILES string of the molecule is Cl.O=C(NCC1CNCC1O)c1ccc(S(=O)(=O)Nc2ccc(F)cc2)cc1. The number of sulfonamides is 1. The molecule has 4 N–H and O–H groups in total. The van der Waals surface area contributed by atoms with E-state index in [9.17, 15) is 22.7 Å². The van der Waals surface area contributed by atoms with Gasteiger partial charge in [0.25, 0.3) is 15.9 Å². The summed E-state index contributed by atoms with van der Waals surface area (Å²) in [6, 6.07) is 10.4. The van der Waals surface area contributed by atoms with Crippen molar-refractivity contribution >= 4 is 34.0 Å². The van der Waals surface area contributed by atoms with E-state index in [1.165, 1.54) is 36.4 Å². The van der Waals surface area contributed by atoms with Crippen molar-refractivity contribution in [2.24, 2.45) is 5.92 Å². The fraction of sp³-hybridized carbons (Fsp3) is 0.278. The van der Waals surface area contributed by atoms with Crippen molar-refractivity contribution in [3.05, 3.63) is 59.9 Å². The minimum Gasteiger partial charge on any atom is -0.391 e. The van der Waals surface area contributed by atoms with Crippen LogP contribution in [0.15, 0.2) is 53.4 Å². The summed E-state index contributed by atoms with van der Waals surface area (Å²) in [5.41, 5.74) is 0.554. The second-order valence-electron chi connectivity index (χ2n) is 6.33. The van der Waals surface area contributed by atoms with Gasteiger partial charge in [0.1, 0.15) is 5.82 Å². The molecular weight excluding hydrogens is 409 g/mol. The molecule has 0 radical (unpaired) electrons. The maximum absolute atomic E-state index is 12.9. The second kappa shape index (κ2) is 9.33. The zero-order valence-corrected chi connectivity index (χ0v) is 16.4. The van der Waals surface area contributed by atoms with Gasteiger partial charge in [-0.15, -0.1) is 12.4 Å². The smallest absolute Gasteiger partial charge is 0.261 e. The van der Waals surface area contributed by atoms with Crippen molar-refractivity contribution in [2.75, 3.05) is 24.4 Å². The normalized spacial score (nSPS) is 18.9. The molecule has 1 saturated heterocycles. The number of amides is 1. The minimum absolute atomic E-state index is 0. The fourth-order valence-electron chi connectivity index (χ4n) is 2.77. The van der Waals surface area contributed by atoms with Crippen LogP contribution in [0.3, 0.4) is 0 Å². The largest absolute Gasteiger partial charge is 0.391 e. The Morgan fingerprint density at radius 1 is 1.11 bits per heavy atom. The molecule has 1 amide bonds. The maximum Gasteiger partial charge on any atom is 0.261 e. The molecule has 0 bridgehead atoms. The number of halogens is 2. The number of β-amino-alcohol motifs (C(OH)–C–C–N with tert-alkyl or cyclic N) is 1. The lowest BCUT2D eigenvalue weighted by molar-refractivity contribution is 0.0927. The summed E-state index contributed by atoms with van der Waals surface area (Å²) in [6.07, 6.45) is -0.490. The van der Waals surface area contributed by atoms with Gasteiger partial charge in [-0.2, -0.15) is 0 Å². The summed E-state index contributed by atoms with van der Waals surface area (Å²) < 4.78 is 40.0. The Bertz CT molecular complexity index is 907. The molecule has 2 aromatic carbocycles. The van der Waals surface area contributed by atoms with E-state index in [2.05, 4.69) is 15.4 Å². The van der Waals surface area contributed by atoms with Gasteiger partial charge in [0.05, 0.1) is 11.0 Å². The zero-order valence-electron chi connectivity index (χ0n) is 14.8. The van der Waals surface area contributed by atoms with Gasteiger partial charge in [0.2, 0.25) is 0 Å². The number of rotatable bonds is 6. The lowest BCUT2D eigenvalue weighted by Gasteiger charge is -2.14. The number of nitrogens with one attached hydrogen (secondary N) is 3. The molecule has 0 aliphatic carbocycles. The second-order valence-corrected chi connectivity index (χ2v) is 8.01. The van der Waals surface area contributed by atoms with E-state index in [1.807, 2.05) is 0 Å². The molecule has 1 heterocycles. The van der Waals surface area contributed by atoms with Gasteiger partial charge < -0.3 is 15.7 Å². The number of aliphatic hydroxyl groups is 1. The monoisotopic (exact) mass is 429 g/mol. The van der Waals surface area contributed by atoms with Gasteiger partial charge in [0.15, 0.2) is 0 Å². The molecule has 7 nitrogen and oxygen atoms in total. The Labute approximate surface area is 168 Å². The molecule has 2 aromatic rings. The number of benzene rings is 2. The number of carbonyl (C=O) groups is 1. The number of anilines is 1. The third-order valence-electron chi connectivity index (χ3n) is 4.35. The first-order valence-electron chi connectivity index (χ1n) is 8.40. The Morgan fingerprint density at radius 2 is 1.75 bits per heavy atom. The van der Waals surface area contributed by atoms with E-state index in [4.69, 9.17) is 0 Å². The molecule has 3 rings (SSSR count). The van der Waals surface area contributed by atoms with E-state index in [1.54, 1.807) is 0 Å². The molecule has 2 unspecified atom stereocenters. The number of aliphatic hydroxyl groups excluding tert-OH is 1. The first kappa shape index (κ1) is 22.1. The van der Waals surface area contributed by atoms with E-state index in [0.29, 0.717) is 25.2 Å². The predicted octanol–water partition coefficient (Wildman–Crippen LogP) is 1.36. The molecule has 0 spiro atoms. The van der Waals surface area contributed by atoms with E-state index >= 15 is 0 Å². The van der Waals surface area contributed by atoms with Crippen LogP contribution < -0.4 is 15.4 Å². The fourth-order valence-corrected chi connectivity index (χ4v) is 3.83. The van der Waals surface area contributed by atoms with Crippen LogP contribution in [0.1, 0.15) is 10.4 Å². The highest BCUT2D eigenvalue weighted by atomic mass is 35.5. The zero-order chi connectivity index (χ0) is 19.4. The Kier molecular flexibility index (Phi) is 7.36. The molecular formula is C18H21ClFN3O4S. The van der Waals surface area contributed by atoms with Gasteiger partial charge in [0, 0.05) is 36.8 Å².